The first kappa shape index (κ1) is 17.5. The molecule has 0 aliphatic heterocycles. The van der Waals surface area contributed by atoms with E-state index in [0.29, 0.717) is 0 Å². The molecule has 2 aromatic rings. The second-order valence-corrected chi connectivity index (χ2v) is 6.00. The molecule has 0 aliphatic carbocycles. The van der Waals surface area contributed by atoms with Gasteiger partial charge in [0.15, 0.2) is 11.0 Å². The minimum Gasteiger partial charge on any atom is -0.549 e. The summed E-state index contributed by atoms with van der Waals surface area (Å²) >= 11 is 0.742. The number of carboxylic acids is 1. The van der Waals surface area contributed by atoms with Crippen molar-refractivity contribution in [3.05, 3.63) is 46.0 Å². The third kappa shape index (κ3) is 4.10. The monoisotopic (exact) mass is 351 g/mol. The highest BCUT2D eigenvalue weighted by molar-refractivity contribution is 8.00. The van der Waals surface area contributed by atoms with Crippen LogP contribution in [0.4, 0.5) is 15.9 Å². The number of nitrogens with zero attached hydrogens (tertiary/aromatic N) is 1. The van der Waals surface area contributed by atoms with Gasteiger partial charge in [-0.25, -0.2) is 9.37 Å². The lowest BCUT2D eigenvalue weighted by Crippen LogP contribution is -2.31. The zero-order valence-corrected chi connectivity index (χ0v) is 13.1. The van der Waals surface area contributed by atoms with E-state index in [9.17, 15) is 23.9 Å². The van der Waals surface area contributed by atoms with E-state index < -0.39 is 28.5 Å². The van der Waals surface area contributed by atoms with E-state index in [4.69, 9.17) is 5.73 Å². The highest BCUT2D eigenvalue weighted by Gasteiger charge is 2.15. The summed E-state index contributed by atoms with van der Waals surface area (Å²) in [5.74, 6) is -2.77. The van der Waals surface area contributed by atoms with Crippen LogP contribution in [0.5, 0.6) is 0 Å². The maximum atomic E-state index is 12.8. The molecule has 0 saturated carbocycles. The summed E-state index contributed by atoms with van der Waals surface area (Å²) in [5, 5.41) is 12.0. The lowest BCUT2D eigenvalue weighted by atomic mass is 10.2. The number of nitrogen functional groups attached to an aromatic ring is 1. The van der Waals surface area contributed by atoms with Gasteiger partial charge in [0.25, 0.3) is 11.5 Å². The van der Waals surface area contributed by atoms with Crippen molar-refractivity contribution in [1.29, 1.82) is 0 Å². The average Bonchev–Trinajstić information content (AvgIpc) is 2.51. The molecule has 10 heteroatoms. The molecular formula is C14H12FN4O4S-. The van der Waals surface area contributed by atoms with Crippen molar-refractivity contribution in [2.75, 3.05) is 11.1 Å². The average molecular weight is 351 g/mol. The third-order valence-corrected chi connectivity index (χ3v) is 3.85. The van der Waals surface area contributed by atoms with Crippen LogP contribution in [0.25, 0.3) is 0 Å². The normalized spacial score (nSPS) is 11.8. The minimum atomic E-state index is -1.32. The zero-order chi connectivity index (χ0) is 17.9. The van der Waals surface area contributed by atoms with Gasteiger partial charge in [0.05, 0.1) is 5.97 Å². The first-order chi connectivity index (χ1) is 11.3. The van der Waals surface area contributed by atoms with Crippen LogP contribution < -0.4 is 21.7 Å². The van der Waals surface area contributed by atoms with E-state index in [1.165, 1.54) is 19.1 Å². The molecule has 0 unspecified atom stereocenters. The molecular weight excluding hydrogens is 339 g/mol. The van der Waals surface area contributed by atoms with E-state index in [-0.39, 0.29) is 22.2 Å². The van der Waals surface area contributed by atoms with Gasteiger partial charge >= 0.3 is 0 Å². The molecule has 0 bridgehead atoms. The second-order valence-electron chi connectivity index (χ2n) is 4.67. The Balaban J connectivity index is 2.22. The summed E-state index contributed by atoms with van der Waals surface area (Å²) in [7, 11) is 0. The van der Waals surface area contributed by atoms with Crippen molar-refractivity contribution >= 4 is 35.1 Å². The van der Waals surface area contributed by atoms with Gasteiger partial charge in [-0.1, -0.05) is 11.8 Å². The summed E-state index contributed by atoms with van der Waals surface area (Å²) in [4.78, 5) is 40.9. The molecule has 1 heterocycles. The highest BCUT2D eigenvalue weighted by atomic mass is 32.2. The van der Waals surface area contributed by atoms with Crippen molar-refractivity contribution in [2.24, 2.45) is 0 Å². The topological polar surface area (TPSA) is 141 Å². The van der Waals surface area contributed by atoms with Crippen LogP contribution in [0.1, 0.15) is 17.3 Å². The predicted octanol–water partition coefficient (Wildman–Crippen LogP) is -0.0260. The first-order valence-electron chi connectivity index (χ1n) is 6.62. The molecule has 1 aromatic carbocycles. The van der Waals surface area contributed by atoms with Crippen molar-refractivity contribution in [3.63, 3.8) is 0 Å². The number of hydrogen-bond acceptors (Lipinski definition) is 7. The molecule has 1 amide bonds. The fourth-order valence-corrected chi connectivity index (χ4v) is 2.38. The fourth-order valence-electron chi connectivity index (χ4n) is 1.65. The van der Waals surface area contributed by atoms with E-state index in [1.807, 2.05) is 0 Å². The van der Waals surface area contributed by atoms with Crippen molar-refractivity contribution in [1.82, 2.24) is 9.97 Å². The van der Waals surface area contributed by atoms with E-state index in [0.717, 1.165) is 23.9 Å². The quantitative estimate of drug-likeness (QED) is 0.507. The van der Waals surface area contributed by atoms with Crippen molar-refractivity contribution in [2.45, 2.75) is 17.3 Å². The lowest BCUT2D eigenvalue weighted by molar-refractivity contribution is -0.304. The van der Waals surface area contributed by atoms with E-state index in [2.05, 4.69) is 15.3 Å². The predicted molar refractivity (Wildman–Crippen MR) is 83.9 cm³/mol. The zero-order valence-electron chi connectivity index (χ0n) is 12.3. The third-order valence-electron chi connectivity index (χ3n) is 2.89. The van der Waals surface area contributed by atoms with Gasteiger partial charge < -0.3 is 21.0 Å². The van der Waals surface area contributed by atoms with Gasteiger partial charge in [-0.2, -0.15) is 0 Å². The Labute approximate surface area is 139 Å². The van der Waals surface area contributed by atoms with Crippen molar-refractivity contribution in [3.8, 4) is 0 Å². The summed E-state index contributed by atoms with van der Waals surface area (Å²) < 4.78 is 12.8. The van der Waals surface area contributed by atoms with Crippen LogP contribution in [0, 0.1) is 5.82 Å². The van der Waals surface area contributed by atoms with Gasteiger partial charge in [0.1, 0.15) is 11.5 Å². The largest absolute Gasteiger partial charge is 0.549 e. The number of nitrogens with one attached hydrogen (secondary N) is 2. The maximum absolute atomic E-state index is 12.8. The summed E-state index contributed by atoms with van der Waals surface area (Å²) in [6, 6.07) is 4.69. The number of H-pyrrole nitrogens is 1. The SMILES string of the molecule is C[C@@H](Sc1nc(N)c(NC(=O)c2ccc(F)cc2)c(=O)[nH]1)C(=O)[O-]. The molecule has 8 nitrogen and oxygen atoms in total. The number of halogens is 1. The molecule has 126 valence electrons. The van der Waals surface area contributed by atoms with Crippen LogP contribution in [0.15, 0.2) is 34.2 Å². The standard InChI is InChI=1S/C14H13FN4O4S/c1-6(13(22)23)24-14-18-10(16)9(12(21)19-14)17-11(20)7-2-4-8(15)5-3-7/h2-6H,1H3,(H,17,20)(H,22,23)(H3,16,18,19,21)/p-1/t6-/m1/s1. The fraction of sp³-hybridized carbons (Fsp3) is 0.143. The number of nitrogens with two attached hydrogens (primary N) is 1. The number of aromatic nitrogens is 2. The van der Waals surface area contributed by atoms with Gasteiger partial charge in [-0.05, 0) is 31.2 Å². The number of amides is 1. The summed E-state index contributed by atoms with van der Waals surface area (Å²) in [5.41, 5.74) is 4.74. The summed E-state index contributed by atoms with van der Waals surface area (Å²) in [6.07, 6.45) is 0. The number of aromatic amines is 1. The number of carbonyl (C=O) groups is 2. The molecule has 1 atom stereocenters. The number of thioether (sulfide) groups is 1. The Morgan fingerprint density at radius 2 is 2.00 bits per heavy atom. The molecule has 1 aromatic heterocycles. The van der Waals surface area contributed by atoms with Crippen LogP contribution in [0.2, 0.25) is 0 Å². The number of rotatable bonds is 5. The lowest BCUT2D eigenvalue weighted by Gasteiger charge is -2.12. The molecule has 0 radical (unpaired) electrons. The molecule has 0 spiro atoms. The second kappa shape index (κ2) is 7.13. The Morgan fingerprint density at radius 1 is 1.38 bits per heavy atom. The Bertz CT molecular complexity index is 838. The van der Waals surface area contributed by atoms with Gasteiger partial charge in [0, 0.05) is 10.8 Å². The minimum absolute atomic E-state index is 0.0195. The number of benzene rings is 1. The van der Waals surface area contributed by atoms with Crippen molar-refractivity contribution < 1.29 is 19.1 Å². The number of anilines is 2. The van der Waals surface area contributed by atoms with Gasteiger partial charge in [0.2, 0.25) is 0 Å². The molecule has 4 N–H and O–H groups in total. The van der Waals surface area contributed by atoms with Crippen LogP contribution in [0.3, 0.4) is 0 Å². The molecule has 0 fully saturated rings. The Kier molecular flexibility index (Phi) is 5.19. The van der Waals surface area contributed by atoms with Gasteiger partial charge in [-0.3, -0.25) is 14.6 Å². The van der Waals surface area contributed by atoms with E-state index >= 15 is 0 Å². The maximum Gasteiger partial charge on any atom is 0.277 e. The molecule has 2 rings (SSSR count). The van der Waals surface area contributed by atoms with E-state index in [1.54, 1.807) is 0 Å². The Hall–Kier alpha value is -2.88. The van der Waals surface area contributed by atoms with Gasteiger partial charge in [-0.15, -0.1) is 0 Å². The number of hydrogen-bond donors (Lipinski definition) is 3. The Morgan fingerprint density at radius 3 is 2.54 bits per heavy atom. The summed E-state index contributed by atoms with van der Waals surface area (Å²) in [6.45, 7) is 1.36. The number of carbonyl (C=O) groups excluding carboxylic acids is 2. The molecule has 24 heavy (non-hydrogen) atoms. The van der Waals surface area contributed by atoms with Crippen LogP contribution in [-0.2, 0) is 4.79 Å². The number of carboxylic acid groups (broad SMARTS) is 1. The number of aliphatic carboxylic acids is 1. The smallest absolute Gasteiger partial charge is 0.277 e. The first-order valence-corrected chi connectivity index (χ1v) is 7.50. The molecule has 0 saturated heterocycles. The van der Waals surface area contributed by atoms with Crippen LogP contribution >= 0.6 is 11.8 Å². The molecule has 0 aliphatic rings. The van der Waals surface area contributed by atoms with Crippen LogP contribution in [-0.4, -0.2) is 27.1 Å². The highest BCUT2D eigenvalue weighted by Crippen LogP contribution is 2.21.